The summed E-state index contributed by atoms with van der Waals surface area (Å²) < 4.78 is 5.95. The molecule has 1 saturated carbocycles. The van der Waals surface area contributed by atoms with Gasteiger partial charge in [0.15, 0.2) is 0 Å². The van der Waals surface area contributed by atoms with Crippen molar-refractivity contribution >= 4 is 11.3 Å². The van der Waals surface area contributed by atoms with Crippen molar-refractivity contribution in [2.45, 2.75) is 45.7 Å². The van der Waals surface area contributed by atoms with Crippen molar-refractivity contribution in [3.63, 3.8) is 0 Å². The van der Waals surface area contributed by atoms with Gasteiger partial charge in [0.2, 0.25) is 0 Å². The van der Waals surface area contributed by atoms with Crippen LogP contribution in [0.4, 0.5) is 0 Å². The summed E-state index contributed by atoms with van der Waals surface area (Å²) in [5.41, 5.74) is 5.06. The Morgan fingerprint density at radius 1 is 1.33 bits per heavy atom. The Hall–Kier alpha value is -1.46. The van der Waals surface area contributed by atoms with Gasteiger partial charge in [0.25, 0.3) is 0 Å². The molecule has 21 heavy (non-hydrogen) atoms. The predicted molar refractivity (Wildman–Crippen MR) is 84.9 cm³/mol. The van der Waals surface area contributed by atoms with Crippen LogP contribution in [-0.4, -0.2) is 22.6 Å². The number of nitrogens with zero attached hydrogens (tertiary/aromatic N) is 2. The van der Waals surface area contributed by atoms with Gasteiger partial charge in [0, 0.05) is 29.6 Å². The fourth-order valence-electron chi connectivity index (χ4n) is 2.20. The Morgan fingerprint density at radius 2 is 2.19 bits per heavy atom. The van der Waals surface area contributed by atoms with E-state index in [4.69, 9.17) is 4.74 Å². The molecular weight excluding hydrogens is 282 g/mol. The van der Waals surface area contributed by atoms with Gasteiger partial charge in [-0.15, -0.1) is 11.3 Å². The van der Waals surface area contributed by atoms with Crippen molar-refractivity contribution in [1.82, 2.24) is 15.3 Å². The molecule has 2 aromatic heterocycles. The molecule has 1 fully saturated rings. The Balaban J connectivity index is 1.59. The van der Waals surface area contributed by atoms with Crippen LogP contribution in [0.3, 0.4) is 0 Å². The maximum Gasteiger partial charge on any atom is 0.142 e. The molecule has 0 aliphatic heterocycles. The van der Waals surface area contributed by atoms with Gasteiger partial charge in [-0.1, -0.05) is 0 Å². The van der Waals surface area contributed by atoms with Crippen molar-refractivity contribution in [1.29, 1.82) is 0 Å². The van der Waals surface area contributed by atoms with Gasteiger partial charge >= 0.3 is 0 Å². The number of hydrogen-bond acceptors (Lipinski definition) is 5. The quantitative estimate of drug-likeness (QED) is 0.854. The first kappa shape index (κ1) is 14.5. The highest BCUT2D eigenvalue weighted by Gasteiger charge is 2.21. The summed E-state index contributed by atoms with van der Waals surface area (Å²) in [4.78, 5) is 10.2. The standard InChI is InChI=1S/C16H21N3OS/c1-11-3-6-15(14(19-11)9-17-13-4-5-13)20-8-7-16-12(2)18-10-21-16/h3,6,10,13,17H,4-5,7-9H2,1-2H3. The minimum atomic E-state index is 0.671. The SMILES string of the molecule is Cc1ccc(OCCc2scnc2C)c(CNC2CC2)n1. The molecule has 1 aliphatic rings. The largest absolute Gasteiger partial charge is 0.491 e. The van der Waals surface area contributed by atoms with E-state index in [-0.39, 0.29) is 0 Å². The maximum absolute atomic E-state index is 5.95. The molecule has 0 spiro atoms. The van der Waals surface area contributed by atoms with Crippen molar-refractivity contribution in [2.75, 3.05) is 6.61 Å². The minimum absolute atomic E-state index is 0.671. The number of rotatable bonds is 7. The molecule has 112 valence electrons. The smallest absolute Gasteiger partial charge is 0.142 e. The van der Waals surface area contributed by atoms with Crippen LogP contribution >= 0.6 is 11.3 Å². The van der Waals surface area contributed by atoms with Gasteiger partial charge in [-0.2, -0.15) is 0 Å². The third kappa shape index (κ3) is 4.02. The molecule has 0 atom stereocenters. The molecule has 4 nitrogen and oxygen atoms in total. The van der Waals surface area contributed by atoms with Crippen LogP contribution < -0.4 is 10.1 Å². The second kappa shape index (κ2) is 6.54. The molecule has 0 saturated heterocycles. The lowest BCUT2D eigenvalue weighted by molar-refractivity contribution is 0.316. The Bertz CT molecular complexity index is 607. The van der Waals surface area contributed by atoms with Gasteiger partial charge in [-0.05, 0) is 38.8 Å². The molecule has 5 heteroatoms. The van der Waals surface area contributed by atoms with E-state index in [1.165, 1.54) is 17.7 Å². The summed E-state index contributed by atoms with van der Waals surface area (Å²) in [6.45, 7) is 5.53. The molecule has 2 aromatic rings. The lowest BCUT2D eigenvalue weighted by Crippen LogP contribution is -2.17. The lowest BCUT2D eigenvalue weighted by atomic mass is 10.2. The molecule has 0 bridgehead atoms. The fourth-order valence-corrected chi connectivity index (χ4v) is 2.97. The van der Waals surface area contributed by atoms with Crippen molar-refractivity contribution in [3.05, 3.63) is 39.6 Å². The van der Waals surface area contributed by atoms with Gasteiger partial charge in [-0.25, -0.2) is 4.98 Å². The highest BCUT2D eigenvalue weighted by molar-refractivity contribution is 7.09. The van der Waals surface area contributed by atoms with E-state index in [0.717, 1.165) is 35.8 Å². The molecule has 0 amide bonds. The van der Waals surface area contributed by atoms with Crippen LogP contribution in [0.25, 0.3) is 0 Å². The van der Waals surface area contributed by atoms with Crippen molar-refractivity contribution < 1.29 is 4.74 Å². The second-order valence-electron chi connectivity index (χ2n) is 5.51. The summed E-state index contributed by atoms with van der Waals surface area (Å²) in [7, 11) is 0. The van der Waals surface area contributed by atoms with E-state index >= 15 is 0 Å². The van der Waals surface area contributed by atoms with Gasteiger partial charge in [-0.3, -0.25) is 4.98 Å². The number of ether oxygens (including phenoxy) is 1. The van der Waals surface area contributed by atoms with Crippen LogP contribution in [0.5, 0.6) is 5.75 Å². The first-order valence-electron chi connectivity index (χ1n) is 7.44. The molecule has 1 N–H and O–H groups in total. The third-order valence-corrected chi connectivity index (χ3v) is 4.63. The molecular formula is C16H21N3OS. The number of nitrogens with one attached hydrogen (secondary N) is 1. The van der Waals surface area contributed by atoms with Gasteiger partial charge in [0.05, 0.1) is 23.5 Å². The van der Waals surface area contributed by atoms with Gasteiger partial charge < -0.3 is 10.1 Å². The monoisotopic (exact) mass is 303 g/mol. The van der Waals surface area contributed by atoms with E-state index in [0.29, 0.717) is 12.6 Å². The zero-order valence-corrected chi connectivity index (χ0v) is 13.4. The van der Waals surface area contributed by atoms with Crippen LogP contribution in [-0.2, 0) is 13.0 Å². The first-order valence-corrected chi connectivity index (χ1v) is 8.32. The van der Waals surface area contributed by atoms with Crippen LogP contribution in [0.1, 0.15) is 34.8 Å². The normalized spacial score (nSPS) is 14.4. The Labute approximate surface area is 129 Å². The number of aromatic nitrogens is 2. The van der Waals surface area contributed by atoms with Crippen molar-refractivity contribution in [3.8, 4) is 5.75 Å². The zero-order valence-electron chi connectivity index (χ0n) is 12.6. The van der Waals surface area contributed by atoms with E-state index in [9.17, 15) is 0 Å². The summed E-state index contributed by atoms with van der Waals surface area (Å²) in [5.74, 6) is 0.899. The Morgan fingerprint density at radius 3 is 2.90 bits per heavy atom. The van der Waals surface area contributed by atoms with Crippen LogP contribution in [0.2, 0.25) is 0 Å². The predicted octanol–water partition coefficient (Wildman–Crippen LogP) is 3.03. The van der Waals surface area contributed by atoms with Crippen LogP contribution in [0.15, 0.2) is 17.6 Å². The second-order valence-corrected chi connectivity index (χ2v) is 6.45. The number of thiazole rings is 1. The van der Waals surface area contributed by atoms with E-state index in [1.807, 2.05) is 31.5 Å². The molecule has 0 unspecified atom stereocenters. The molecule has 2 heterocycles. The summed E-state index contributed by atoms with van der Waals surface area (Å²) in [6.07, 6.45) is 3.47. The minimum Gasteiger partial charge on any atom is -0.491 e. The summed E-state index contributed by atoms with van der Waals surface area (Å²) in [5, 5.41) is 3.50. The van der Waals surface area contributed by atoms with E-state index < -0.39 is 0 Å². The highest BCUT2D eigenvalue weighted by Crippen LogP contribution is 2.22. The average Bonchev–Trinajstić information content (AvgIpc) is 3.21. The molecule has 3 rings (SSSR count). The maximum atomic E-state index is 5.95. The van der Waals surface area contributed by atoms with E-state index in [1.54, 1.807) is 11.3 Å². The Kier molecular flexibility index (Phi) is 4.51. The first-order chi connectivity index (χ1) is 10.2. The topological polar surface area (TPSA) is 47.0 Å². The van der Waals surface area contributed by atoms with Crippen LogP contribution in [0, 0.1) is 13.8 Å². The average molecular weight is 303 g/mol. The number of aryl methyl sites for hydroxylation is 2. The van der Waals surface area contributed by atoms with E-state index in [2.05, 4.69) is 15.3 Å². The molecule has 0 radical (unpaired) electrons. The number of hydrogen-bond donors (Lipinski definition) is 1. The summed E-state index contributed by atoms with van der Waals surface area (Å²) in [6, 6.07) is 4.72. The molecule has 1 aliphatic carbocycles. The van der Waals surface area contributed by atoms with Gasteiger partial charge in [0.1, 0.15) is 5.75 Å². The molecule has 0 aromatic carbocycles. The zero-order chi connectivity index (χ0) is 14.7. The highest BCUT2D eigenvalue weighted by atomic mass is 32.1. The summed E-state index contributed by atoms with van der Waals surface area (Å²) >= 11 is 1.69. The van der Waals surface area contributed by atoms with Crippen molar-refractivity contribution in [2.24, 2.45) is 0 Å². The fraction of sp³-hybridized carbons (Fsp3) is 0.500. The third-order valence-electron chi connectivity index (χ3n) is 3.64. The lowest BCUT2D eigenvalue weighted by Gasteiger charge is -2.12. The number of pyridine rings is 1.